The van der Waals surface area contributed by atoms with Crippen molar-refractivity contribution in [1.29, 1.82) is 0 Å². The molecule has 1 aliphatic carbocycles. The minimum absolute atomic E-state index is 0.00589. The van der Waals surface area contributed by atoms with E-state index in [0.717, 1.165) is 6.42 Å². The van der Waals surface area contributed by atoms with Crippen LogP contribution in [0.5, 0.6) is 0 Å². The summed E-state index contributed by atoms with van der Waals surface area (Å²) in [6.45, 7) is 4.38. The van der Waals surface area contributed by atoms with Gasteiger partial charge in [0, 0.05) is 0 Å². The maximum absolute atomic E-state index is 12.4. The first-order valence-corrected chi connectivity index (χ1v) is 8.08. The Labute approximate surface area is 141 Å². The summed E-state index contributed by atoms with van der Waals surface area (Å²) in [4.78, 5) is 23.4. The quantitative estimate of drug-likeness (QED) is 0.905. The highest BCUT2D eigenvalue weighted by Gasteiger charge is 2.36. The van der Waals surface area contributed by atoms with Gasteiger partial charge in [-0.1, -0.05) is 50.2 Å². The van der Waals surface area contributed by atoms with Crippen molar-refractivity contribution in [2.45, 2.75) is 38.1 Å². The van der Waals surface area contributed by atoms with E-state index < -0.39 is 5.97 Å². The fourth-order valence-corrected chi connectivity index (χ4v) is 3.52. The second-order valence-corrected chi connectivity index (χ2v) is 6.98. The first-order valence-electron chi connectivity index (χ1n) is 8.08. The Morgan fingerprint density at radius 3 is 2.67 bits per heavy atom. The van der Waals surface area contributed by atoms with E-state index >= 15 is 0 Å². The van der Waals surface area contributed by atoms with Crippen LogP contribution in [0.4, 0.5) is 0 Å². The summed E-state index contributed by atoms with van der Waals surface area (Å²) in [7, 11) is 0. The third kappa shape index (κ3) is 3.18. The molecular weight excluding hydrogens is 302 g/mol. The van der Waals surface area contributed by atoms with Crippen molar-refractivity contribution in [2.75, 3.05) is 0 Å². The fourth-order valence-electron chi connectivity index (χ4n) is 3.52. The number of nitrogens with one attached hydrogen (secondary N) is 1. The normalized spacial score (nSPS) is 18.0. The van der Waals surface area contributed by atoms with Gasteiger partial charge in [-0.15, -0.1) is 0 Å². The highest BCUT2D eigenvalue weighted by molar-refractivity contribution is 5.88. The van der Waals surface area contributed by atoms with E-state index in [1.807, 2.05) is 12.1 Å². The molecule has 0 saturated heterocycles. The monoisotopic (exact) mass is 323 g/mol. The van der Waals surface area contributed by atoms with Crippen molar-refractivity contribution in [3.05, 3.63) is 70.8 Å². The van der Waals surface area contributed by atoms with Gasteiger partial charge in [0.15, 0.2) is 0 Å². The number of rotatable bonds is 4. The molecule has 0 spiro atoms. The van der Waals surface area contributed by atoms with Gasteiger partial charge in [-0.2, -0.15) is 0 Å². The van der Waals surface area contributed by atoms with E-state index in [-0.39, 0.29) is 29.3 Å². The Hall–Kier alpha value is -2.62. The number of aromatic carboxylic acids is 1. The molecule has 1 aliphatic rings. The molecule has 0 aromatic heterocycles. The number of carboxylic acid groups (broad SMARTS) is 1. The zero-order valence-electron chi connectivity index (χ0n) is 13.9. The van der Waals surface area contributed by atoms with Gasteiger partial charge >= 0.3 is 5.97 Å². The Balaban J connectivity index is 1.72. The highest BCUT2D eigenvalue weighted by Crippen LogP contribution is 2.44. The molecule has 2 aromatic rings. The first-order chi connectivity index (χ1) is 11.4. The van der Waals surface area contributed by atoms with Crippen molar-refractivity contribution in [2.24, 2.45) is 0 Å². The molecule has 0 bridgehead atoms. The molecule has 0 fully saturated rings. The number of amides is 1. The van der Waals surface area contributed by atoms with Crippen LogP contribution in [0.25, 0.3) is 0 Å². The van der Waals surface area contributed by atoms with E-state index in [0.29, 0.717) is 5.56 Å². The average molecular weight is 323 g/mol. The molecule has 0 aliphatic heterocycles. The van der Waals surface area contributed by atoms with Crippen molar-refractivity contribution >= 4 is 11.9 Å². The SMILES string of the molecule is CC1(C)CC(NC(=O)Cc2cccc(C(=O)O)c2)c2ccccc21. The predicted octanol–water partition coefficient (Wildman–Crippen LogP) is 3.47. The number of carbonyl (C=O) groups excluding carboxylic acids is 1. The molecule has 3 rings (SSSR count). The molecular formula is C20H21NO3. The lowest BCUT2D eigenvalue weighted by molar-refractivity contribution is -0.121. The fraction of sp³-hybridized carbons (Fsp3) is 0.300. The van der Waals surface area contributed by atoms with Gasteiger partial charge in [0.1, 0.15) is 0 Å². The average Bonchev–Trinajstić information content (AvgIpc) is 2.79. The lowest BCUT2D eigenvalue weighted by atomic mass is 9.86. The summed E-state index contributed by atoms with van der Waals surface area (Å²) >= 11 is 0. The van der Waals surface area contributed by atoms with Crippen LogP contribution in [-0.4, -0.2) is 17.0 Å². The molecule has 0 heterocycles. The molecule has 2 N–H and O–H groups in total. The molecule has 1 amide bonds. The van der Waals surface area contributed by atoms with Gasteiger partial charge in [0.2, 0.25) is 5.91 Å². The van der Waals surface area contributed by atoms with Crippen LogP contribution < -0.4 is 5.32 Å². The predicted molar refractivity (Wildman–Crippen MR) is 92.1 cm³/mol. The number of carboxylic acids is 1. The van der Waals surface area contributed by atoms with Crippen LogP contribution in [0.15, 0.2) is 48.5 Å². The van der Waals surface area contributed by atoms with Crippen LogP contribution in [0, 0.1) is 0 Å². The second-order valence-electron chi connectivity index (χ2n) is 6.98. The van der Waals surface area contributed by atoms with Gasteiger partial charge in [-0.05, 0) is 40.7 Å². The van der Waals surface area contributed by atoms with E-state index in [4.69, 9.17) is 5.11 Å². The summed E-state index contributed by atoms with van der Waals surface area (Å²) in [5.41, 5.74) is 3.40. The molecule has 1 unspecified atom stereocenters. The summed E-state index contributed by atoms with van der Waals surface area (Å²) in [5.74, 6) is -1.07. The van der Waals surface area contributed by atoms with Crippen LogP contribution in [0.1, 0.15) is 53.4 Å². The van der Waals surface area contributed by atoms with E-state index in [9.17, 15) is 9.59 Å². The summed E-state index contributed by atoms with van der Waals surface area (Å²) in [5, 5.41) is 12.1. The van der Waals surface area contributed by atoms with E-state index in [2.05, 4.69) is 31.3 Å². The third-order valence-corrected chi connectivity index (χ3v) is 4.65. The van der Waals surface area contributed by atoms with Gasteiger partial charge in [-0.25, -0.2) is 4.79 Å². The van der Waals surface area contributed by atoms with Crippen molar-refractivity contribution in [1.82, 2.24) is 5.32 Å². The summed E-state index contributed by atoms with van der Waals surface area (Å²) < 4.78 is 0. The van der Waals surface area contributed by atoms with Crippen molar-refractivity contribution in [3.8, 4) is 0 Å². The molecule has 4 nitrogen and oxygen atoms in total. The topological polar surface area (TPSA) is 66.4 Å². The largest absolute Gasteiger partial charge is 0.478 e. The Kier molecular flexibility index (Phi) is 4.14. The number of benzene rings is 2. The number of hydrogen-bond acceptors (Lipinski definition) is 2. The number of hydrogen-bond donors (Lipinski definition) is 2. The van der Waals surface area contributed by atoms with E-state index in [1.165, 1.54) is 17.2 Å². The van der Waals surface area contributed by atoms with Gasteiger partial charge in [0.05, 0.1) is 18.0 Å². The first kappa shape index (κ1) is 16.2. The highest BCUT2D eigenvalue weighted by atomic mass is 16.4. The molecule has 1 atom stereocenters. The van der Waals surface area contributed by atoms with Crippen LogP contribution in [0.3, 0.4) is 0 Å². The van der Waals surface area contributed by atoms with Crippen molar-refractivity contribution < 1.29 is 14.7 Å². The molecule has 4 heteroatoms. The molecule has 0 saturated carbocycles. The lowest BCUT2D eigenvalue weighted by Crippen LogP contribution is -2.29. The maximum Gasteiger partial charge on any atom is 0.335 e. The second kappa shape index (κ2) is 6.11. The molecule has 124 valence electrons. The van der Waals surface area contributed by atoms with E-state index in [1.54, 1.807) is 18.2 Å². The summed E-state index contributed by atoms with van der Waals surface area (Å²) in [6, 6.07) is 14.7. The van der Waals surface area contributed by atoms with Crippen LogP contribution in [-0.2, 0) is 16.6 Å². The van der Waals surface area contributed by atoms with Gasteiger partial charge in [0.25, 0.3) is 0 Å². The molecule has 24 heavy (non-hydrogen) atoms. The minimum Gasteiger partial charge on any atom is -0.478 e. The Morgan fingerprint density at radius 2 is 1.92 bits per heavy atom. The Morgan fingerprint density at radius 1 is 1.17 bits per heavy atom. The third-order valence-electron chi connectivity index (χ3n) is 4.65. The number of carbonyl (C=O) groups is 2. The van der Waals surface area contributed by atoms with Crippen molar-refractivity contribution in [3.63, 3.8) is 0 Å². The Bertz CT molecular complexity index is 795. The zero-order chi connectivity index (χ0) is 17.3. The zero-order valence-corrected chi connectivity index (χ0v) is 13.9. The van der Waals surface area contributed by atoms with Gasteiger partial charge in [-0.3, -0.25) is 4.79 Å². The lowest BCUT2D eigenvalue weighted by Gasteiger charge is -2.19. The van der Waals surface area contributed by atoms with Crippen LogP contribution >= 0.6 is 0 Å². The molecule has 2 aromatic carbocycles. The smallest absolute Gasteiger partial charge is 0.335 e. The maximum atomic E-state index is 12.4. The summed E-state index contributed by atoms with van der Waals surface area (Å²) in [6.07, 6.45) is 1.05. The standard InChI is InChI=1S/C20H21NO3/c1-20(2)12-17(15-8-3-4-9-16(15)20)21-18(22)11-13-6-5-7-14(10-13)19(23)24/h3-10,17H,11-12H2,1-2H3,(H,21,22)(H,23,24). The number of fused-ring (bicyclic) bond motifs is 1. The van der Waals surface area contributed by atoms with Crippen LogP contribution in [0.2, 0.25) is 0 Å². The van der Waals surface area contributed by atoms with Gasteiger partial charge < -0.3 is 10.4 Å². The minimum atomic E-state index is -0.983. The molecule has 0 radical (unpaired) electrons.